The zero-order valence-corrected chi connectivity index (χ0v) is 12.6. The molecule has 0 amide bonds. The number of carbonyl (C=O) groups is 1. The molecule has 0 aliphatic rings. The average Bonchev–Trinajstić information content (AvgIpc) is 2.52. The minimum absolute atomic E-state index is 0.279. The second-order valence-corrected chi connectivity index (χ2v) is 5.30. The van der Waals surface area contributed by atoms with Crippen LogP contribution in [0, 0.1) is 5.92 Å². The molecule has 0 bridgehead atoms. The van der Waals surface area contributed by atoms with Gasteiger partial charge in [-0.3, -0.25) is 0 Å². The highest BCUT2D eigenvalue weighted by molar-refractivity contribution is 5.91. The van der Waals surface area contributed by atoms with Gasteiger partial charge >= 0.3 is 5.97 Å². The first-order chi connectivity index (χ1) is 10.1. The van der Waals surface area contributed by atoms with E-state index in [9.17, 15) is 4.79 Å². The lowest BCUT2D eigenvalue weighted by molar-refractivity contribution is 0.0459. The molecule has 0 aromatic heterocycles. The molecule has 2 rings (SSSR count). The molecule has 0 atom stereocenters. The predicted octanol–water partition coefficient (Wildman–Crippen LogP) is 4.18. The Labute approximate surface area is 125 Å². The number of hydrogen-bond acceptors (Lipinski definition) is 3. The third kappa shape index (κ3) is 4.09. The molecular weight excluding hydrogens is 264 g/mol. The molecule has 0 radical (unpaired) electrons. The van der Waals surface area contributed by atoms with Crippen LogP contribution < -0.4 is 4.74 Å². The standard InChI is InChI=1S/C18H20O3/c1-13(2)12-21-18(19)16-6-4-5-15(11-16)14-7-9-17(20-3)10-8-14/h4-11,13H,12H2,1-3H3. The highest BCUT2D eigenvalue weighted by Crippen LogP contribution is 2.23. The molecule has 0 saturated heterocycles. The predicted molar refractivity (Wildman–Crippen MR) is 83.6 cm³/mol. The van der Waals surface area contributed by atoms with Crippen molar-refractivity contribution in [2.24, 2.45) is 5.92 Å². The summed E-state index contributed by atoms with van der Waals surface area (Å²) in [6.45, 7) is 4.47. The Balaban J connectivity index is 2.18. The van der Waals surface area contributed by atoms with E-state index in [0.29, 0.717) is 18.1 Å². The van der Waals surface area contributed by atoms with E-state index in [1.54, 1.807) is 13.2 Å². The summed E-state index contributed by atoms with van der Waals surface area (Å²) in [5.41, 5.74) is 2.59. The molecular formula is C18H20O3. The number of ether oxygens (including phenoxy) is 2. The van der Waals surface area contributed by atoms with Gasteiger partial charge in [-0.15, -0.1) is 0 Å². The lowest BCUT2D eigenvalue weighted by Gasteiger charge is -2.09. The summed E-state index contributed by atoms with van der Waals surface area (Å²) in [6.07, 6.45) is 0. The largest absolute Gasteiger partial charge is 0.497 e. The Morgan fingerprint density at radius 3 is 2.38 bits per heavy atom. The Morgan fingerprint density at radius 1 is 1.05 bits per heavy atom. The molecule has 21 heavy (non-hydrogen) atoms. The Kier molecular flexibility index (Phi) is 4.99. The van der Waals surface area contributed by atoms with Gasteiger partial charge in [0.15, 0.2) is 0 Å². The monoisotopic (exact) mass is 284 g/mol. The molecule has 0 N–H and O–H groups in total. The summed E-state index contributed by atoms with van der Waals surface area (Å²) in [7, 11) is 1.64. The molecule has 0 heterocycles. The molecule has 0 saturated carbocycles. The first kappa shape index (κ1) is 15.1. The molecule has 0 aliphatic heterocycles. The van der Waals surface area contributed by atoms with E-state index in [2.05, 4.69) is 0 Å². The van der Waals surface area contributed by atoms with Gasteiger partial charge in [0.05, 0.1) is 19.3 Å². The van der Waals surface area contributed by atoms with Gasteiger partial charge in [0.25, 0.3) is 0 Å². The van der Waals surface area contributed by atoms with Crippen molar-refractivity contribution in [3.63, 3.8) is 0 Å². The normalized spacial score (nSPS) is 10.5. The van der Waals surface area contributed by atoms with Crippen molar-refractivity contribution in [1.29, 1.82) is 0 Å². The fourth-order valence-corrected chi connectivity index (χ4v) is 1.93. The number of hydrogen-bond donors (Lipinski definition) is 0. The van der Waals surface area contributed by atoms with E-state index >= 15 is 0 Å². The topological polar surface area (TPSA) is 35.5 Å². The van der Waals surface area contributed by atoms with E-state index in [1.807, 2.05) is 56.3 Å². The molecule has 3 nitrogen and oxygen atoms in total. The van der Waals surface area contributed by atoms with Gasteiger partial charge in [0.2, 0.25) is 0 Å². The third-order valence-corrected chi connectivity index (χ3v) is 3.07. The second kappa shape index (κ2) is 6.93. The van der Waals surface area contributed by atoms with Gasteiger partial charge in [-0.2, -0.15) is 0 Å². The number of methoxy groups -OCH3 is 1. The first-order valence-electron chi connectivity index (χ1n) is 7.01. The van der Waals surface area contributed by atoms with E-state index < -0.39 is 0 Å². The zero-order valence-electron chi connectivity index (χ0n) is 12.6. The summed E-state index contributed by atoms with van der Waals surface area (Å²) < 4.78 is 10.4. The lowest BCUT2D eigenvalue weighted by atomic mass is 10.0. The van der Waals surface area contributed by atoms with E-state index in [4.69, 9.17) is 9.47 Å². The Morgan fingerprint density at radius 2 is 1.76 bits per heavy atom. The van der Waals surface area contributed by atoms with Gasteiger partial charge in [-0.05, 0) is 41.3 Å². The van der Waals surface area contributed by atoms with Crippen molar-refractivity contribution < 1.29 is 14.3 Å². The molecule has 2 aromatic carbocycles. The quantitative estimate of drug-likeness (QED) is 0.773. The summed E-state index contributed by atoms with van der Waals surface area (Å²) in [6, 6.07) is 15.2. The van der Waals surface area contributed by atoms with Crippen LogP contribution in [-0.4, -0.2) is 19.7 Å². The van der Waals surface area contributed by atoms with E-state index in [1.165, 1.54) is 0 Å². The van der Waals surface area contributed by atoms with E-state index in [0.717, 1.165) is 16.9 Å². The number of esters is 1. The molecule has 0 aliphatic carbocycles. The molecule has 0 unspecified atom stereocenters. The van der Waals surface area contributed by atoms with Gasteiger partial charge in [-0.1, -0.05) is 38.1 Å². The molecule has 0 spiro atoms. The Hall–Kier alpha value is -2.29. The maximum atomic E-state index is 12.0. The van der Waals surface area contributed by atoms with Crippen molar-refractivity contribution in [3.05, 3.63) is 54.1 Å². The number of carbonyl (C=O) groups excluding carboxylic acids is 1. The SMILES string of the molecule is COc1ccc(-c2cccc(C(=O)OCC(C)C)c2)cc1. The van der Waals surface area contributed by atoms with Gasteiger partial charge in [-0.25, -0.2) is 4.79 Å². The fourth-order valence-electron chi connectivity index (χ4n) is 1.93. The van der Waals surface area contributed by atoms with Crippen LogP contribution in [0.4, 0.5) is 0 Å². The van der Waals surface area contributed by atoms with Crippen LogP contribution in [-0.2, 0) is 4.74 Å². The molecule has 2 aromatic rings. The van der Waals surface area contributed by atoms with Crippen LogP contribution in [0.2, 0.25) is 0 Å². The summed E-state index contributed by atoms with van der Waals surface area (Å²) in [5.74, 6) is 0.865. The minimum atomic E-state index is -0.279. The highest BCUT2D eigenvalue weighted by atomic mass is 16.5. The lowest BCUT2D eigenvalue weighted by Crippen LogP contribution is -2.10. The Bertz CT molecular complexity index is 600. The first-order valence-corrected chi connectivity index (χ1v) is 7.01. The van der Waals surface area contributed by atoms with Crippen LogP contribution in [0.3, 0.4) is 0 Å². The van der Waals surface area contributed by atoms with Crippen LogP contribution in [0.5, 0.6) is 5.75 Å². The van der Waals surface area contributed by atoms with Gasteiger partial charge in [0.1, 0.15) is 5.75 Å². The second-order valence-electron chi connectivity index (χ2n) is 5.30. The van der Waals surface area contributed by atoms with E-state index in [-0.39, 0.29) is 5.97 Å². The molecule has 110 valence electrons. The maximum Gasteiger partial charge on any atom is 0.338 e. The number of benzene rings is 2. The summed E-state index contributed by atoms with van der Waals surface area (Å²) in [5, 5.41) is 0. The number of rotatable bonds is 5. The minimum Gasteiger partial charge on any atom is -0.497 e. The highest BCUT2D eigenvalue weighted by Gasteiger charge is 2.09. The van der Waals surface area contributed by atoms with Crippen molar-refractivity contribution in [2.75, 3.05) is 13.7 Å². The third-order valence-electron chi connectivity index (χ3n) is 3.07. The average molecular weight is 284 g/mol. The fraction of sp³-hybridized carbons (Fsp3) is 0.278. The van der Waals surface area contributed by atoms with Gasteiger partial charge in [0, 0.05) is 0 Å². The van der Waals surface area contributed by atoms with Crippen LogP contribution in [0.15, 0.2) is 48.5 Å². The van der Waals surface area contributed by atoms with Crippen LogP contribution in [0.1, 0.15) is 24.2 Å². The summed E-state index contributed by atoms with van der Waals surface area (Å²) >= 11 is 0. The zero-order chi connectivity index (χ0) is 15.2. The van der Waals surface area contributed by atoms with Crippen molar-refractivity contribution in [1.82, 2.24) is 0 Å². The van der Waals surface area contributed by atoms with Crippen molar-refractivity contribution in [3.8, 4) is 16.9 Å². The smallest absolute Gasteiger partial charge is 0.338 e. The van der Waals surface area contributed by atoms with Crippen molar-refractivity contribution in [2.45, 2.75) is 13.8 Å². The van der Waals surface area contributed by atoms with Gasteiger partial charge < -0.3 is 9.47 Å². The van der Waals surface area contributed by atoms with Crippen molar-refractivity contribution >= 4 is 5.97 Å². The van der Waals surface area contributed by atoms with Crippen LogP contribution >= 0.6 is 0 Å². The molecule has 0 fully saturated rings. The molecule has 3 heteroatoms. The summed E-state index contributed by atoms with van der Waals surface area (Å²) in [4.78, 5) is 12.0. The van der Waals surface area contributed by atoms with Crippen LogP contribution in [0.25, 0.3) is 11.1 Å². The maximum absolute atomic E-state index is 12.0.